The van der Waals surface area contributed by atoms with E-state index in [0.717, 1.165) is 4.80 Å². The van der Waals surface area contributed by atoms with Gasteiger partial charge in [-0.3, -0.25) is 0 Å². The molecule has 1 rings (SSSR count). The van der Waals surface area contributed by atoms with Gasteiger partial charge in [0.1, 0.15) is 5.69 Å². The summed E-state index contributed by atoms with van der Waals surface area (Å²) in [5, 5.41) is 14.9. The van der Waals surface area contributed by atoms with E-state index in [-0.39, 0.29) is 0 Å². The van der Waals surface area contributed by atoms with Crippen LogP contribution in [0, 0.1) is 0 Å². The molecule has 68 valence electrons. The van der Waals surface area contributed by atoms with Crippen LogP contribution in [0.5, 0.6) is 0 Å². The van der Waals surface area contributed by atoms with Gasteiger partial charge in [-0.15, -0.1) is 5.10 Å². The Labute approximate surface area is 65.6 Å². The van der Waals surface area contributed by atoms with Crippen LogP contribution in [0.15, 0.2) is 0 Å². The van der Waals surface area contributed by atoms with Crippen LogP contribution in [0.3, 0.4) is 0 Å². The lowest BCUT2D eigenvalue weighted by atomic mass is 10.3. The van der Waals surface area contributed by atoms with Crippen molar-refractivity contribution in [1.29, 1.82) is 0 Å². The molecule has 4 nitrogen and oxygen atoms in total. The lowest BCUT2D eigenvalue weighted by Gasteiger charge is -2.01. The molecule has 1 aromatic rings. The zero-order chi connectivity index (χ0) is 9.35. The Morgan fingerprint density at radius 3 is 2.33 bits per heavy atom. The van der Waals surface area contributed by atoms with Crippen LogP contribution in [0.2, 0.25) is 0 Å². The summed E-state index contributed by atoms with van der Waals surface area (Å²) in [6, 6.07) is 0. The normalized spacial score (nSPS) is 12.1. The zero-order valence-corrected chi connectivity index (χ0v) is 6.13. The fraction of sp³-hybridized carbons (Fsp3) is 0.600. The third-order valence-electron chi connectivity index (χ3n) is 1.20. The molecule has 12 heavy (non-hydrogen) atoms. The first-order valence-corrected chi connectivity index (χ1v) is 3.03. The highest BCUT2D eigenvalue weighted by atomic mass is 19.4. The van der Waals surface area contributed by atoms with Gasteiger partial charge in [0.05, 0.1) is 6.61 Å². The van der Waals surface area contributed by atoms with Crippen molar-refractivity contribution >= 4 is 0 Å². The number of halogens is 3. The van der Waals surface area contributed by atoms with Crippen LogP contribution >= 0.6 is 0 Å². The van der Waals surface area contributed by atoms with Crippen LogP contribution in [0.4, 0.5) is 13.2 Å². The van der Waals surface area contributed by atoms with Crippen molar-refractivity contribution in [2.75, 3.05) is 0 Å². The van der Waals surface area contributed by atoms with E-state index in [4.69, 9.17) is 5.11 Å². The number of aliphatic hydroxyl groups excluding tert-OH is 1. The molecule has 0 amide bonds. The lowest BCUT2D eigenvalue weighted by molar-refractivity contribution is -0.142. The number of aliphatic hydroxyl groups is 1. The molecule has 0 atom stereocenters. The van der Waals surface area contributed by atoms with E-state index in [2.05, 4.69) is 10.2 Å². The highest BCUT2D eigenvalue weighted by Gasteiger charge is 2.37. The molecular weight excluding hydrogens is 175 g/mol. The van der Waals surface area contributed by atoms with Crippen LogP contribution < -0.4 is 0 Å². The minimum Gasteiger partial charge on any atom is -0.390 e. The molecule has 0 unspecified atom stereocenters. The van der Waals surface area contributed by atoms with E-state index in [1.807, 2.05) is 0 Å². The fourth-order valence-corrected chi connectivity index (χ4v) is 0.774. The second kappa shape index (κ2) is 2.74. The van der Waals surface area contributed by atoms with Gasteiger partial charge in [-0.05, 0) is 0 Å². The number of hydrogen-bond donors (Lipinski definition) is 1. The Bertz CT molecular complexity index is 280. The van der Waals surface area contributed by atoms with Crippen molar-refractivity contribution in [3.05, 3.63) is 11.4 Å². The van der Waals surface area contributed by atoms with Crippen molar-refractivity contribution in [1.82, 2.24) is 15.0 Å². The Morgan fingerprint density at radius 2 is 2.00 bits per heavy atom. The zero-order valence-electron chi connectivity index (χ0n) is 6.13. The van der Waals surface area contributed by atoms with Gasteiger partial charge in [-0.1, -0.05) is 0 Å². The molecule has 0 aromatic carbocycles. The predicted molar refractivity (Wildman–Crippen MR) is 31.9 cm³/mol. The molecule has 0 aliphatic carbocycles. The van der Waals surface area contributed by atoms with Crippen molar-refractivity contribution in [3.63, 3.8) is 0 Å². The molecule has 0 radical (unpaired) electrons. The summed E-state index contributed by atoms with van der Waals surface area (Å²) in [7, 11) is 1.26. The highest BCUT2D eigenvalue weighted by Crippen LogP contribution is 2.29. The average molecular weight is 181 g/mol. The second-order valence-corrected chi connectivity index (χ2v) is 2.14. The van der Waals surface area contributed by atoms with Gasteiger partial charge < -0.3 is 5.11 Å². The Balaban J connectivity index is 3.13. The molecule has 0 saturated heterocycles. The molecule has 0 spiro atoms. The van der Waals surface area contributed by atoms with E-state index in [1.54, 1.807) is 0 Å². The standard InChI is InChI=1S/C5H6F3N3O/c1-11-9-3(2-12)4(10-11)5(6,7)8/h12H,2H2,1H3. The van der Waals surface area contributed by atoms with Crippen LogP contribution in [-0.4, -0.2) is 20.1 Å². The molecule has 1 N–H and O–H groups in total. The molecule has 1 heterocycles. The predicted octanol–water partition coefficient (Wildman–Crippen LogP) is 0.326. The number of alkyl halides is 3. The second-order valence-electron chi connectivity index (χ2n) is 2.14. The molecule has 0 fully saturated rings. The van der Waals surface area contributed by atoms with Crippen LogP contribution in [0.1, 0.15) is 11.4 Å². The summed E-state index contributed by atoms with van der Waals surface area (Å²) in [5.74, 6) is 0. The van der Waals surface area contributed by atoms with Crippen molar-refractivity contribution in [2.24, 2.45) is 7.05 Å². The molecule has 0 saturated carbocycles. The Hall–Kier alpha value is -1.11. The van der Waals surface area contributed by atoms with E-state index in [1.165, 1.54) is 7.05 Å². The van der Waals surface area contributed by atoms with Crippen molar-refractivity contribution in [3.8, 4) is 0 Å². The van der Waals surface area contributed by atoms with Crippen molar-refractivity contribution < 1.29 is 18.3 Å². The van der Waals surface area contributed by atoms with E-state index in [9.17, 15) is 13.2 Å². The maximum atomic E-state index is 12.0. The molecule has 0 aliphatic heterocycles. The summed E-state index contributed by atoms with van der Waals surface area (Å²) in [6.07, 6.45) is -4.55. The molecule has 0 aliphatic rings. The van der Waals surface area contributed by atoms with Gasteiger partial charge in [-0.2, -0.15) is 23.1 Å². The molecule has 1 aromatic heterocycles. The summed E-state index contributed by atoms with van der Waals surface area (Å²) in [5.41, 5.74) is -1.59. The Morgan fingerprint density at radius 1 is 1.42 bits per heavy atom. The third kappa shape index (κ3) is 1.55. The lowest BCUT2D eigenvalue weighted by Crippen LogP contribution is -2.09. The summed E-state index contributed by atoms with van der Waals surface area (Å²) in [4.78, 5) is 0.772. The number of aryl methyl sites for hydroxylation is 1. The number of rotatable bonds is 1. The van der Waals surface area contributed by atoms with Crippen LogP contribution in [0.25, 0.3) is 0 Å². The van der Waals surface area contributed by atoms with Gasteiger partial charge in [0.25, 0.3) is 0 Å². The summed E-state index contributed by atoms with van der Waals surface area (Å²) < 4.78 is 36.1. The first-order chi connectivity index (χ1) is 5.45. The van der Waals surface area contributed by atoms with Gasteiger partial charge in [0, 0.05) is 7.05 Å². The molecule has 0 bridgehead atoms. The van der Waals surface area contributed by atoms with E-state index in [0.29, 0.717) is 0 Å². The summed E-state index contributed by atoms with van der Waals surface area (Å²) in [6.45, 7) is -0.761. The first-order valence-electron chi connectivity index (χ1n) is 3.03. The first kappa shape index (κ1) is 8.98. The quantitative estimate of drug-likeness (QED) is 0.679. The summed E-state index contributed by atoms with van der Waals surface area (Å²) >= 11 is 0. The third-order valence-corrected chi connectivity index (χ3v) is 1.20. The maximum Gasteiger partial charge on any atom is 0.437 e. The van der Waals surface area contributed by atoms with Crippen molar-refractivity contribution in [2.45, 2.75) is 12.8 Å². The fourth-order valence-electron chi connectivity index (χ4n) is 0.774. The topological polar surface area (TPSA) is 50.9 Å². The van der Waals surface area contributed by atoms with Gasteiger partial charge in [0.15, 0.2) is 5.69 Å². The number of aromatic nitrogens is 3. The van der Waals surface area contributed by atoms with Gasteiger partial charge in [0.2, 0.25) is 0 Å². The SMILES string of the molecule is Cn1nc(CO)c(C(F)(F)F)n1. The highest BCUT2D eigenvalue weighted by molar-refractivity contribution is 5.11. The average Bonchev–Trinajstić information content (AvgIpc) is 2.29. The Kier molecular flexibility index (Phi) is 2.05. The minimum atomic E-state index is -4.55. The van der Waals surface area contributed by atoms with Crippen LogP contribution in [-0.2, 0) is 19.8 Å². The number of hydrogen-bond acceptors (Lipinski definition) is 3. The maximum absolute atomic E-state index is 12.0. The monoisotopic (exact) mass is 181 g/mol. The van der Waals surface area contributed by atoms with Gasteiger partial charge >= 0.3 is 6.18 Å². The minimum absolute atomic E-state index is 0.454. The molecule has 7 heteroatoms. The van der Waals surface area contributed by atoms with E-state index < -0.39 is 24.2 Å². The number of nitrogens with zero attached hydrogens (tertiary/aromatic N) is 3. The van der Waals surface area contributed by atoms with E-state index >= 15 is 0 Å². The van der Waals surface area contributed by atoms with Gasteiger partial charge in [-0.25, -0.2) is 0 Å². The smallest absolute Gasteiger partial charge is 0.390 e. The molecular formula is C5H6F3N3O. The largest absolute Gasteiger partial charge is 0.437 e.